The SMILES string of the molecule is CC/C=C\C/C=C\C/C=C\C/C=C\C/C=C\C/C=C\CCCCC(=O)OC(COC(=O)CCCCCCCCCCCCCCCCCCCCCCCC)COP(=O)(O)OCC[N+](C)(C)C. The summed E-state index contributed by atoms with van der Waals surface area (Å²) in [5.74, 6) is -0.845. The molecule has 0 amide bonds. The van der Waals surface area contributed by atoms with Crippen LogP contribution in [0.15, 0.2) is 72.9 Å². The van der Waals surface area contributed by atoms with E-state index in [-0.39, 0.29) is 32.0 Å². The fraction of sp³-hybridized carbons (Fsp3) is 0.754. The van der Waals surface area contributed by atoms with Gasteiger partial charge in [-0.05, 0) is 64.2 Å². The average Bonchev–Trinajstić information content (AvgIpc) is 3.29. The molecule has 0 aliphatic rings. The van der Waals surface area contributed by atoms with Crippen molar-refractivity contribution in [3.63, 3.8) is 0 Å². The van der Waals surface area contributed by atoms with Crippen molar-refractivity contribution in [3.05, 3.63) is 72.9 Å². The van der Waals surface area contributed by atoms with Crippen molar-refractivity contribution >= 4 is 19.8 Å². The lowest BCUT2D eigenvalue weighted by Crippen LogP contribution is -2.37. The van der Waals surface area contributed by atoms with E-state index in [9.17, 15) is 19.0 Å². The quantitative estimate of drug-likeness (QED) is 0.0211. The Morgan fingerprint density at radius 2 is 0.851 bits per heavy atom. The van der Waals surface area contributed by atoms with Crippen molar-refractivity contribution in [1.29, 1.82) is 0 Å². The number of unbranched alkanes of at least 4 members (excludes halogenated alkanes) is 23. The number of allylic oxidation sites excluding steroid dienone is 12. The Kier molecular flexibility index (Phi) is 46.6. The molecule has 0 aliphatic heterocycles. The van der Waals surface area contributed by atoms with E-state index in [0.717, 1.165) is 70.6 Å². The summed E-state index contributed by atoms with van der Waals surface area (Å²) in [6.45, 7) is 4.28. The molecule has 10 heteroatoms. The van der Waals surface area contributed by atoms with E-state index in [1.165, 1.54) is 122 Å². The molecule has 0 aliphatic carbocycles. The molecule has 9 nitrogen and oxygen atoms in total. The first-order valence-corrected chi connectivity index (χ1v) is 28.7. The van der Waals surface area contributed by atoms with Gasteiger partial charge in [-0.15, -0.1) is 0 Å². The molecule has 0 fully saturated rings. The number of likely N-dealkylation sites (N-methyl/N-ethyl adjacent to an activating group) is 1. The van der Waals surface area contributed by atoms with Crippen LogP contribution < -0.4 is 0 Å². The molecule has 0 aromatic rings. The van der Waals surface area contributed by atoms with Gasteiger partial charge < -0.3 is 18.9 Å². The molecule has 0 aromatic carbocycles. The van der Waals surface area contributed by atoms with Crippen LogP contribution in [0.2, 0.25) is 0 Å². The van der Waals surface area contributed by atoms with Gasteiger partial charge in [0.25, 0.3) is 0 Å². The first-order valence-electron chi connectivity index (χ1n) is 27.2. The Morgan fingerprint density at radius 1 is 0.478 bits per heavy atom. The minimum absolute atomic E-state index is 0.0209. The Morgan fingerprint density at radius 3 is 1.27 bits per heavy atom. The number of phosphoric acid groups is 1. The molecule has 0 aromatic heterocycles. The highest BCUT2D eigenvalue weighted by molar-refractivity contribution is 7.47. The van der Waals surface area contributed by atoms with Crippen molar-refractivity contribution in [2.24, 2.45) is 0 Å². The zero-order chi connectivity index (χ0) is 49.2. The lowest BCUT2D eigenvalue weighted by molar-refractivity contribution is -0.870. The van der Waals surface area contributed by atoms with Gasteiger partial charge in [-0.1, -0.05) is 222 Å². The van der Waals surface area contributed by atoms with Crippen molar-refractivity contribution in [1.82, 2.24) is 0 Å². The van der Waals surface area contributed by atoms with E-state index >= 15 is 0 Å². The molecule has 0 saturated heterocycles. The highest BCUT2D eigenvalue weighted by atomic mass is 31.2. The van der Waals surface area contributed by atoms with Gasteiger partial charge in [-0.3, -0.25) is 18.6 Å². The molecule has 67 heavy (non-hydrogen) atoms. The molecule has 2 unspecified atom stereocenters. The number of hydrogen-bond acceptors (Lipinski definition) is 7. The lowest BCUT2D eigenvalue weighted by atomic mass is 10.0. The van der Waals surface area contributed by atoms with Crippen molar-refractivity contribution in [3.8, 4) is 0 Å². The van der Waals surface area contributed by atoms with Crippen LogP contribution >= 0.6 is 7.82 Å². The number of nitrogens with zero attached hydrogens (tertiary/aromatic N) is 1. The summed E-state index contributed by atoms with van der Waals surface area (Å²) in [5, 5.41) is 0. The Bertz CT molecular complexity index is 1360. The normalized spacial score (nSPS) is 13.9. The summed E-state index contributed by atoms with van der Waals surface area (Å²) in [7, 11) is 1.44. The second-order valence-corrected chi connectivity index (χ2v) is 20.7. The summed E-state index contributed by atoms with van der Waals surface area (Å²) in [6.07, 6.45) is 62.5. The van der Waals surface area contributed by atoms with Gasteiger partial charge in [-0.25, -0.2) is 4.57 Å². The molecule has 0 saturated carbocycles. The van der Waals surface area contributed by atoms with E-state index in [1.807, 2.05) is 21.1 Å². The van der Waals surface area contributed by atoms with E-state index < -0.39 is 26.5 Å². The van der Waals surface area contributed by atoms with Gasteiger partial charge in [0.2, 0.25) is 0 Å². The van der Waals surface area contributed by atoms with E-state index in [2.05, 4.69) is 86.8 Å². The standard InChI is InChI=1S/C57H102NO8P/c1-6-8-10-12-14-16-18-20-22-24-26-28-30-31-33-35-37-39-41-43-45-47-49-56(59)63-53-55(54-65-67(61,62)64-52-51-58(3,4)5)66-57(60)50-48-46-44-42-40-38-36-34-32-29-27-25-23-21-19-17-15-13-11-9-7-2/h9,11,15,17,21,23,27,29,34,36,40,42,55H,6-8,10,12-14,16,18-20,22,24-26,28,30-33,35,37-39,41,43-54H2,1-5H3/p+1/b11-9-,17-15-,23-21-,29-27-,36-34-,42-40-. The first kappa shape index (κ1) is 64.5. The minimum atomic E-state index is -4.40. The smallest absolute Gasteiger partial charge is 0.462 e. The molecule has 0 rings (SSSR count). The van der Waals surface area contributed by atoms with E-state index in [1.54, 1.807) is 0 Å². The van der Waals surface area contributed by atoms with E-state index in [0.29, 0.717) is 17.4 Å². The highest BCUT2D eigenvalue weighted by Gasteiger charge is 2.27. The van der Waals surface area contributed by atoms with Gasteiger partial charge in [0.1, 0.15) is 19.8 Å². The molecule has 0 heterocycles. The van der Waals surface area contributed by atoms with E-state index in [4.69, 9.17) is 18.5 Å². The predicted octanol–water partition coefficient (Wildman–Crippen LogP) is 16.5. The second-order valence-electron chi connectivity index (χ2n) is 19.2. The van der Waals surface area contributed by atoms with Crippen LogP contribution in [0.5, 0.6) is 0 Å². The number of esters is 2. The first-order chi connectivity index (χ1) is 32.5. The van der Waals surface area contributed by atoms with Crippen LogP contribution in [0.3, 0.4) is 0 Å². The fourth-order valence-corrected chi connectivity index (χ4v) is 8.05. The lowest BCUT2D eigenvalue weighted by Gasteiger charge is -2.24. The Labute approximate surface area is 412 Å². The van der Waals surface area contributed by atoms with Crippen molar-refractivity contribution in [2.75, 3.05) is 47.5 Å². The molecule has 2 atom stereocenters. The van der Waals surface area contributed by atoms with Crippen molar-refractivity contribution < 1.29 is 42.1 Å². The van der Waals surface area contributed by atoms with Gasteiger partial charge >= 0.3 is 19.8 Å². The van der Waals surface area contributed by atoms with Crippen LogP contribution in [0.4, 0.5) is 0 Å². The maximum absolute atomic E-state index is 12.8. The molecule has 0 spiro atoms. The topological polar surface area (TPSA) is 108 Å². The zero-order valence-corrected chi connectivity index (χ0v) is 44.8. The van der Waals surface area contributed by atoms with Gasteiger partial charge in [0.05, 0.1) is 27.7 Å². The van der Waals surface area contributed by atoms with Crippen LogP contribution in [0.25, 0.3) is 0 Å². The summed E-state index contributed by atoms with van der Waals surface area (Å²) in [4.78, 5) is 35.6. The fourth-order valence-electron chi connectivity index (χ4n) is 7.31. The number of quaternary nitrogens is 1. The molecule has 388 valence electrons. The van der Waals surface area contributed by atoms with Gasteiger partial charge in [-0.2, -0.15) is 0 Å². The maximum atomic E-state index is 12.8. The molecule has 0 bridgehead atoms. The second kappa shape index (κ2) is 48.5. The number of hydrogen-bond donors (Lipinski definition) is 1. The summed E-state index contributed by atoms with van der Waals surface area (Å²) >= 11 is 0. The van der Waals surface area contributed by atoms with Crippen LogP contribution in [-0.4, -0.2) is 74.9 Å². The highest BCUT2D eigenvalue weighted by Crippen LogP contribution is 2.43. The largest absolute Gasteiger partial charge is 0.472 e. The Balaban J connectivity index is 4.28. The third-order valence-corrected chi connectivity index (χ3v) is 12.5. The summed E-state index contributed by atoms with van der Waals surface area (Å²) in [5.41, 5.74) is 0. The van der Waals surface area contributed by atoms with Gasteiger partial charge in [0.15, 0.2) is 6.10 Å². The van der Waals surface area contributed by atoms with Crippen molar-refractivity contribution in [2.45, 2.75) is 232 Å². The summed E-state index contributed by atoms with van der Waals surface area (Å²) in [6, 6.07) is 0. The minimum Gasteiger partial charge on any atom is -0.462 e. The number of rotatable bonds is 49. The van der Waals surface area contributed by atoms with Crippen LogP contribution in [-0.2, 0) is 32.7 Å². The molecular formula is C57H103NO8P+. The number of phosphoric ester groups is 1. The summed E-state index contributed by atoms with van der Waals surface area (Å²) < 4.78 is 34.5. The third-order valence-electron chi connectivity index (χ3n) is 11.5. The zero-order valence-electron chi connectivity index (χ0n) is 43.9. The number of carbonyl (C=O) groups is 2. The Hall–Kier alpha value is -2.55. The molecule has 1 N–H and O–H groups in total. The van der Waals surface area contributed by atoms with Crippen LogP contribution in [0, 0.1) is 0 Å². The monoisotopic (exact) mass is 961 g/mol. The molecular weight excluding hydrogens is 858 g/mol. The van der Waals surface area contributed by atoms with Gasteiger partial charge in [0, 0.05) is 12.8 Å². The average molecular weight is 961 g/mol. The predicted molar refractivity (Wildman–Crippen MR) is 284 cm³/mol. The van der Waals surface area contributed by atoms with Crippen LogP contribution in [0.1, 0.15) is 226 Å². The number of ether oxygens (including phenoxy) is 2. The third kappa shape index (κ3) is 52.7. The molecule has 0 radical (unpaired) electrons. The maximum Gasteiger partial charge on any atom is 0.472 e. The number of carbonyl (C=O) groups excluding carboxylic acids is 2.